The third kappa shape index (κ3) is 4.35. The Hall–Kier alpha value is -3.11. The summed E-state index contributed by atoms with van der Waals surface area (Å²) >= 11 is 0. The van der Waals surface area contributed by atoms with Gasteiger partial charge in [0.2, 0.25) is 5.88 Å². The highest BCUT2D eigenvalue weighted by atomic mass is 19.4. The van der Waals surface area contributed by atoms with Gasteiger partial charge in [0.15, 0.2) is 5.82 Å². The maximum absolute atomic E-state index is 15.0. The van der Waals surface area contributed by atoms with E-state index in [0.29, 0.717) is 30.8 Å². The zero-order valence-corrected chi connectivity index (χ0v) is 18.0. The number of rotatable bonds is 5. The second kappa shape index (κ2) is 8.92. The fourth-order valence-corrected chi connectivity index (χ4v) is 4.95. The molecule has 0 radical (unpaired) electrons. The van der Waals surface area contributed by atoms with E-state index in [4.69, 9.17) is 4.74 Å². The van der Waals surface area contributed by atoms with Gasteiger partial charge in [-0.25, -0.2) is 19.3 Å². The molecule has 4 heterocycles. The third-order valence-corrected chi connectivity index (χ3v) is 6.53. The summed E-state index contributed by atoms with van der Waals surface area (Å²) in [5, 5.41) is 11.3. The normalized spacial score (nSPS) is 23.6. The van der Waals surface area contributed by atoms with E-state index in [1.165, 1.54) is 12.1 Å². The van der Waals surface area contributed by atoms with Gasteiger partial charge < -0.3 is 9.84 Å². The summed E-state index contributed by atoms with van der Waals surface area (Å²) in [5.74, 6) is 0.0206. The molecule has 1 saturated carbocycles. The Morgan fingerprint density at radius 1 is 1.03 bits per heavy atom. The number of ether oxygens (including phenoxy) is 1. The molecule has 3 aromatic rings. The van der Waals surface area contributed by atoms with Crippen LogP contribution in [0.1, 0.15) is 36.6 Å². The van der Waals surface area contributed by atoms with Gasteiger partial charge in [-0.15, -0.1) is 0 Å². The third-order valence-electron chi connectivity index (χ3n) is 6.53. The van der Waals surface area contributed by atoms with Crippen molar-refractivity contribution in [3.8, 4) is 17.3 Å². The van der Waals surface area contributed by atoms with E-state index in [9.17, 15) is 22.7 Å². The maximum atomic E-state index is 15.0. The van der Waals surface area contributed by atoms with Gasteiger partial charge in [-0.05, 0) is 43.4 Å². The lowest BCUT2D eigenvalue weighted by Crippen LogP contribution is -2.58. The van der Waals surface area contributed by atoms with Crippen molar-refractivity contribution >= 4 is 0 Å². The molecule has 1 aliphatic carbocycles. The van der Waals surface area contributed by atoms with E-state index < -0.39 is 29.9 Å². The van der Waals surface area contributed by atoms with Gasteiger partial charge in [-0.3, -0.25) is 4.90 Å². The molecule has 10 heteroatoms. The monoisotopic (exact) mass is 474 g/mol. The van der Waals surface area contributed by atoms with Crippen LogP contribution in [0.5, 0.6) is 5.88 Å². The average molecular weight is 474 g/mol. The van der Waals surface area contributed by atoms with E-state index in [-0.39, 0.29) is 23.4 Å². The zero-order chi connectivity index (χ0) is 23.9. The molecular weight excluding hydrogens is 452 g/mol. The fourth-order valence-electron chi connectivity index (χ4n) is 4.95. The number of fused-ring (bicyclic) bond motifs is 3. The number of piperidine rings is 2. The minimum atomic E-state index is -4.48. The van der Waals surface area contributed by atoms with Gasteiger partial charge >= 0.3 is 6.18 Å². The van der Waals surface area contributed by atoms with Crippen LogP contribution in [-0.2, 0) is 6.18 Å². The predicted octanol–water partition coefficient (Wildman–Crippen LogP) is 4.62. The Bertz CT molecular complexity index is 1140. The second-order valence-electron chi connectivity index (χ2n) is 8.63. The number of nitrogens with zero attached hydrogens (tertiary/aromatic N) is 4. The second-order valence-corrected chi connectivity index (χ2v) is 8.63. The van der Waals surface area contributed by atoms with E-state index >= 15 is 0 Å². The first-order chi connectivity index (χ1) is 16.3. The first kappa shape index (κ1) is 22.7. The van der Waals surface area contributed by atoms with Crippen molar-refractivity contribution in [2.75, 3.05) is 6.54 Å². The molecule has 178 valence electrons. The summed E-state index contributed by atoms with van der Waals surface area (Å²) in [6.45, 7) is 0.551. The molecule has 4 atom stereocenters. The molecule has 2 bridgehead atoms. The van der Waals surface area contributed by atoms with Gasteiger partial charge in [-0.2, -0.15) is 13.2 Å². The molecule has 6 nitrogen and oxygen atoms in total. The maximum Gasteiger partial charge on any atom is 0.417 e. The van der Waals surface area contributed by atoms with Crippen LogP contribution in [-0.4, -0.2) is 43.6 Å². The molecule has 0 spiro atoms. The zero-order valence-electron chi connectivity index (χ0n) is 18.0. The van der Waals surface area contributed by atoms with Crippen LogP contribution < -0.4 is 4.74 Å². The number of aliphatic hydroxyl groups is 1. The summed E-state index contributed by atoms with van der Waals surface area (Å²) in [6, 6.07) is 8.02. The molecule has 4 unspecified atom stereocenters. The quantitative estimate of drug-likeness (QED) is 0.545. The van der Waals surface area contributed by atoms with Crippen molar-refractivity contribution in [3.05, 3.63) is 71.9 Å². The summed E-state index contributed by atoms with van der Waals surface area (Å²) in [5.41, 5.74) is -0.360. The molecule has 3 fully saturated rings. The molecule has 2 saturated heterocycles. The molecule has 6 rings (SSSR count). The number of alkyl halides is 3. The lowest BCUT2D eigenvalue weighted by molar-refractivity contribution is -0.138. The van der Waals surface area contributed by atoms with Crippen LogP contribution >= 0.6 is 0 Å². The molecule has 1 aromatic carbocycles. The smallest absolute Gasteiger partial charge is 0.417 e. The Kier molecular flexibility index (Phi) is 5.95. The lowest BCUT2D eigenvalue weighted by Gasteiger charge is -2.51. The lowest BCUT2D eigenvalue weighted by atomic mass is 9.77. The van der Waals surface area contributed by atoms with Gasteiger partial charge in [0.25, 0.3) is 0 Å². The Morgan fingerprint density at radius 3 is 2.50 bits per heavy atom. The van der Waals surface area contributed by atoms with Crippen molar-refractivity contribution in [2.24, 2.45) is 5.92 Å². The first-order valence-electron chi connectivity index (χ1n) is 11.0. The van der Waals surface area contributed by atoms with Gasteiger partial charge in [-0.1, -0.05) is 12.1 Å². The number of halogens is 4. The van der Waals surface area contributed by atoms with Gasteiger partial charge in [0.05, 0.1) is 5.56 Å². The fraction of sp³-hybridized carbons (Fsp3) is 0.375. The van der Waals surface area contributed by atoms with Gasteiger partial charge in [0, 0.05) is 48.4 Å². The van der Waals surface area contributed by atoms with E-state index in [1.54, 1.807) is 35.5 Å². The number of pyridine rings is 1. The average Bonchev–Trinajstić information content (AvgIpc) is 2.84. The Morgan fingerprint density at radius 2 is 1.82 bits per heavy atom. The summed E-state index contributed by atoms with van der Waals surface area (Å²) < 4.78 is 59.5. The van der Waals surface area contributed by atoms with Crippen LogP contribution in [0.15, 0.2) is 55.0 Å². The van der Waals surface area contributed by atoms with Crippen LogP contribution in [0, 0.1) is 11.7 Å². The van der Waals surface area contributed by atoms with Gasteiger partial charge in [0.1, 0.15) is 18.1 Å². The molecule has 2 aliphatic heterocycles. The highest BCUT2D eigenvalue weighted by molar-refractivity contribution is 5.61. The van der Waals surface area contributed by atoms with E-state index in [0.717, 1.165) is 18.7 Å². The van der Waals surface area contributed by atoms with Crippen LogP contribution in [0.25, 0.3) is 11.4 Å². The van der Waals surface area contributed by atoms with Crippen molar-refractivity contribution in [1.82, 2.24) is 19.9 Å². The number of aromatic nitrogens is 3. The molecule has 34 heavy (non-hydrogen) atoms. The van der Waals surface area contributed by atoms with Crippen molar-refractivity contribution in [1.29, 1.82) is 0 Å². The highest BCUT2D eigenvalue weighted by Crippen LogP contribution is 2.42. The van der Waals surface area contributed by atoms with Crippen molar-refractivity contribution in [2.45, 2.75) is 43.8 Å². The Balaban J connectivity index is 1.40. The minimum Gasteiger partial charge on any atom is -0.473 e. The van der Waals surface area contributed by atoms with Crippen LogP contribution in [0.2, 0.25) is 0 Å². The number of aliphatic hydroxyl groups excluding tert-OH is 1. The first-order valence-corrected chi connectivity index (χ1v) is 11.0. The predicted molar refractivity (Wildman–Crippen MR) is 114 cm³/mol. The Labute approximate surface area is 193 Å². The van der Waals surface area contributed by atoms with Crippen LogP contribution in [0.3, 0.4) is 0 Å². The van der Waals surface area contributed by atoms with E-state index in [2.05, 4.69) is 15.0 Å². The topological polar surface area (TPSA) is 71.4 Å². The molecule has 0 amide bonds. The molecule has 1 N–H and O–H groups in total. The summed E-state index contributed by atoms with van der Waals surface area (Å²) in [6.07, 6.45) is 0.0289. The van der Waals surface area contributed by atoms with E-state index in [1.807, 2.05) is 0 Å². The molecule has 3 aliphatic rings. The minimum absolute atomic E-state index is 0.0873. The molecular formula is C24H22F4N4O2. The number of hydrogen-bond donors (Lipinski definition) is 1. The summed E-state index contributed by atoms with van der Waals surface area (Å²) in [7, 11) is 0. The highest BCUT2D eigenvalue weighted by Gasteiger charge is 2.45. The van der Waals surface area contributed by atoms with Crippen LogP contribution in [0.4, 0.5) is 17.6 Å². The SMILES string of the molecule is OC(c1c(F)cccc1-c1ncccn1)N1CC2CCC1C(Oc1ccc(C(F)(F)F)cn1)C2. The number of hydrogen-bond acceptors (Lipinski definition) is 6. The summed E-state index contributed by atoms with van der Waals surface area (Å²) in [4.78, 5) is 14.0. The molecule has 2 aromatic heterocycles. The number of benzene rings is 1. The van der Waals surface area contributed by atoms with Crippen molar-refractivity contribution in [3.63, 3.8) is 0 Å². The van der Waals surface area contributed by atoms with Crippen molar-refractivity contribution < 1.29 is 27.4 Å². The largest absolute Gasteiger partial charge is 0.473 e. The standard InChI is InChI=1S/C24H22F4N4O2/c25-17-4-1-3-16(22-29-9-2-10-30-22)21(17)23(33)32-13-14-5-7-18(32)19(11-14)34-20-8-6-15(12-31-20)24(26,27)28/h1-4,6,8-10,12,14,18-19,23,33H,5,7,11,13H2.